The molecule has 4 nitrogen and oxygen atoms in total. The molecule has 0 unspecified atom stereocenters. The van der Waals surface area contributed by atoms with Crippen LogP contribution in [-0.2, 0) is 11.3 Å². The average Bonchev–Trinajstić information content (AvgIpc) is 2.28. The number of carbonyl (C=O) groups is 1. The predicted octanol–water partition coefficient (Wildman–Crippen LogP) is 1.17. The minimum absolute atomic E-state index is 0.0247. The van der Waals surface area contributed by atoms with E-state index in [4.69, 9.17) is 5.11 Å². The average molecular weight is 222 g/mol. The lowest BCUT2D eigenvalue weighted by Crippen LogP contribution is -2.22. The van der Waals surface area contributed by atoms with Crippen LogP contribution in [0.4, 0.5) is 0 Å². The maximum absolute atomic E-state index is 11.4. The highest BCUT2D eigenvalue weighted by atomic mass is 16.2. The molecule has 0 spiro atoms. The summed E-state index contributed by atoms with van der Waals surface area (Å²) in [5, 5.41) is 11.4. The van der Waals surface area contributed by atoms with Crippen molar-refractivity contribution in [1.29, 1.82) is 0 Å². The molecule has 1 amide bonds. The van der Waals surface area contributed by atoms with Crippen molar-refractivity contribution < 1.29 is 9.90 Å². The Morgan fingerprint density at radius 3 is 3.00 bits per heavy atom. The molecule has 0 atom stereocenters. The zero-order valence-electron chi connectivity index (χ0n) is 9.57. The summed E-state index contributed by atoms with van der Waals surface area (Å²) in [5.41, 5.74) is 2.17. The Morgan fingerprint density at radius 2 is 2.31 bits per heavy atom. The Balaban J connectivity index is 2.29. The van der Waals surface area contributed by atoms with Crippen molar-refractivity contribution in [3.05, 3.63) is 29.6 Å². The quantitative estimate of drug-likeness (QED) is 0.710. The highest BCUT2D eigenvalue weighted by Crippen LogP contribution is 2.04. The van der Waals surface area contributed by atoms with Crippen LogP contribution in [0.3, 0.4) is 0 Å². The summed E-state index contributed by atoms with van der Waals surface area (Å²) in [6, 6.07) is 1.92. The van der Waals surface area contributed by atoms with Crippen LogP contribution in [0.5, 0.6) is 0 Å². The van der Waals surface area contributed by atoms with Gasteiger partial charge in [0.05, 0.1) is 0 Å². The molecule has 0 aliphatic rings. The summed E-state index contributed by atoms with van der Waals surface area (Å²) < 4.78 is 0. The molecular weight excluding hydrogens is 204 g/mol. The molecule has 0 aliphatic carbocycles. The van der Waals surface area contributed by atoms with Gasteiger partial charge in [-0.3, -0.25) is 9.78 Å². The monoisotopic (exact) mass is 222 g/mol. The van der Waals surface area contributed by atoms with Gasteiger partial charge in [-0.1, -0.05) is 0 Å². The number of aliphatic hydroxyl groups excluding tert-OH is 1. The van der Waals surface area contributed by atoms with Gasteiger partial charge in [-0.25, -0.2) is 0 Å². The molecule has 88 valence electrons. The van der Waals surface area contributed by atoms with Gasteiger partial charge in [0.15, 0.2) is 0 Å². The Morgan fingerprint density at radius 1 is 1.50 bits per heavy atom. The fourth-order valence-corrected chi connectivity index (χ4v) is 1.36. The number of aliphatic hydroxyl groups is 1. The molecule has 2 N–H and O–H groups in total. The molecule has 1 aromatic rings. The van der Waals surface area contributed by atoms with Gasteiger partial charge >= 0.3 is 0 Å². The molecule has 0 saturated heterocycles. The molecule has 1 heterocycles. The van der Waals surface area contributed by atoms with E-state index in [1.165, 1.54) is 0 Å². The molecule has 1 rings (SSSR count). The molecule has 0 radical (unpaired) electrons. The molecule has 0 fully saturated rings. The van der Waals surface area contributed by atoms with Crippen molar-refractivity contribution in [2.75, 3.05) is 6.61 Å². The molecule has 0 aromatic carbocycles. The summed E-state index contributed by atoms with van der Waals surface area (Å²) >= 11 is 0. The first-order valence-corrected chi connectivity index (χ1v) is 5.51. The zero-order valence-corrected chi connectivity index (χ0v) is 9.57. The van der Waals surface area contributed by atoms with Crippen LogP contribution in [0.1, 0.15) is 30.4 Å². The van der Waals surface area contributed by atoms with Gasteiger partial charge in [0.1, 0.15) is 0 Å². The second-order valence-corrected chi connectivity index (χ2v) is 3.76. The number of pyridine rings is 1. The van der Waals surface area contributed by atoms with E-state index in [9.17, 15) is 4.79 Å². The number of amides is 1. The number of nitrogens with zero attached hydrogens (tertiary/aromatic N) is 1. The van der Waals surface area contributed by atoms with Gasteiger partial charge in [-0.05, 0) is 37.0 Å². The standard InChI is InChI=1S/C12H18N2O2/c1-10-5-6-13-8-11(10)9-14-12(16)4-2-3-7-15/h5-6,8,15H,2-4,7,9H2,1H3,(H,14,16). The lowest BCUT2D eigenvalue weighted by Gasteiger charge is -2.06. The second-order valence-electron chi connectivity index (χ2n) is 3.76. The maximum Gasteiger partial charge on any atom is 0.220 e. The van der Waals surface area contributed by atoms with E-state index >= 15 is 0 Å². The molecule has 16 heavy (non-hydrogen) atoms. The van der Waals surface area contributed by atoms with Crippen molar-refractivity contribution in [2.24, 2.45) is 0 Å². The maximum atomic E-state index is 11.4. The summed E-state index contributed by atoms with van der Waals surface area (Å²) in [6.45, 7) is 2.67. The highest BCUT2D eigenvalue weighted by molar-refractivity contribution is 5.75. The lowest BCUT2D eigenvalue weighted by atomic mass is 10.1. The van der Waals surface area contributed by atoms with Crippen LogP contribution in [0.15, 0.2) is 18.5 Å². The first-order chi connectivity index (χ1) is 7.74. The molecular formula is C12H18N2O2. The van der Waals surface area contributed by atoms with Crippen LogP contribution in [0, 0.1) is 6.92 Å². The number of rotatable bonds is 6. The highest BCUT2D eigenvalue weighted by Gasteiger charge is 2.02. The minimum atomic E-state index is 0.0247. The van der Waals surface area contributed by atoms with E-state index in [0.29, 0.717) is 19.4 Å². The minimum Gasteiger partial charge on any atom is -0.396 e. The topological polar surface area (TPSA) is 62.2 Å². The number of carbonyl (C=O) groups excluding carboxylic acids is 1. The van der Waals surface area contributed by atoms with Gasteiger partial charge in [0.2, 0.25) is 5.91 Å². The number of hydrogen-bond donors (Lipinski definition) is 2. The van der Waals surface area contributed by atoms with Crippen molar-refractivity contribution in [3.63, 3.8) is 0 Å². The number of unbranched alkanes of at least 4 members (excludes halogenated alkanes) is 1. The third-order valence-electron chi connectivity index (χ3n) is 2.44. The summed E-state index contributed by atoms with van der Waals surface area (Å²) in [5.74, 6) is 0.0247. The van der Waals surface area contributed by atoms with Crippen LogP contribution in [-0.4, -0.2) is 22.6 Å². The predicted molar refractivity (Wildman–Crippen MR) is 61.8 cm³/mol. The zero-order chi connectivity index (χ0) is 11.8. The van der Waals surface area contributed by atoms with Crippen LogP contribution >= 0.6 is 0 Å². The van der Waals surface area contributed by atoms with Crippen LogP contribution in [0.25, 0.3) is 0 Å². The molecule has 0 saturated carbocycles. The van der Waals surface area contributed by atoms with Crippen LogP contribution < -0.4 is 5.32 Å². The number of nitrogens with one attached hydrogen (secondary N) is 1. The first kappa shape index (κ1) is 12.6. The molecule has 4 heteroatoms. The van der Waals surface area contributed by atoms with Crippen molar-refractivity contribution >= 4 is 5.91 Å². The second kappa shape index (κ2) is 6.95. The Bertz CT molecular complexity index is 340. The van der Waals surface area contributed by atoms with Gasteiger partial charge in [0, 0.05) is 32.0 Å². The number of aryl methyl sites for hydroxylation is 1. The summed E-state index contributed by atoms with van der Waals surface area (Å²) in [4.78, 5) is 15.4. The summed E-state index contributed by atoms with van der Waals surface area (Å²) in [7, 11) is 0. The Kier molecular flexibility index (Phi) is 5.50. The van der Waals surface area contributed by atoms with E-state index < -0.39 is 0 Å². The van der Waals surface area contributed by atoms with E-state index in [1.807, 2.05) is 13.0 Å². The van der Waals surface area contributed by atoms with Gasteiger partial charge < -0.3 is 10.4 Å². The third kappa shape index (κ3) is 4.40. The Labute approximate surface area is 95.7 Å². The van der Waals surface area contributed by atoms with Gasteiger partial charge in [0.25, 0.3) is 0 Å². The normalized spacial score (nSPS) is 10.1. The lowest BCUT2D eigenvalue weighted by molar-refractivity contribution is -0.121. The first-order valence-electron chi connectivity index (χ1n) is 5.51. The molecule has 0 bridgehead atoms. The molecule has 0 aliphatic heterocycles. The third-order valence-corrected chi connectivity index (χ3v) is 2.44. The van der Waals surface area contributed by atoms with Crippen molar-refractivity contribution in [3.8, 4) is 0 Å². The fraction of sp³-hybridized carbons (Fsp3) is 0.500. The van der Waals surface area contributed by atoms with Crippen LogP contribution in [0.2, 0.25) is 0 Å². The van der Waals surface area contributed by atoms with E-state index in [1.54, 1.807) is 12.4 Å². The van der Waals surface area contributed by atoms with Crippen molar-refractivity contribution in [1.82, 2.24) is 10.3 Å². The largest absolute Gasteiger partial charge is 0.396 e. The van der Waals surface area contributed by atoms with Gasteiger partial charge in [-0.2, -0.15) is 0 Å². The van der Waals surface area contributed by atoms with Crippen molar-refractivity contribution in [2.45, 2.75) is 32.7 Å². The number of aromatic nitrogens is 1. The van der Waals surface area contributed by atoms with Gasteiger partial charge in [-0.15, -0.1) is 0 Å². The fourth-order valence-electron chi connectivity index (χ4n) is 1.36. The SMILES string of the molecule is Cc1ccncc1CNC(=O)CCCCO. The smallest absolute Gasteiger partial charge is 0.220 e. The van der Waals surface area contributed by atoms with E-state index in [-0.39, 0.29) is 12.5 Å². The Hall–Kier alpha value is -1.42. The van der Waals surface area contributed by atoms with E-state index in [0.717, 1.165) is 17.5 Å². The summed E-state index contributed by atoms with van der Waals surface area (Å²) in [6.07, 6.45) is 5.39. The molecule has 1 aromatic heterocycles. The number of hydrogen-bond acceptors (Lipinski definition) is 3. The van der Waals surface area contributed by atoms with E-state index in [2.05, 4.69) is 10.3 Å².